The number of aryl methyl sites for hydroxylation is 1. The van der Waals surface area contributed by atoms with E-state index >= 15 is 0 Å². The third kappa shape index (κ3) is 11.7. The Hall–Kier alpha value is -0.420. The van der Waals surface area contributed by atoms with Gasteiger partial charge in [-0.3, -0.25) is 14.1 Å². The minimum atomic E-state index is -5.65. The van der Waals surface area contributed by atoms with Gasteiger partial charge in [0.05, 0.1) is 24.7 Å². The zero-order chi connectivity index (χ0) is 28.1. The fourth-order valence-corrected chi connectivity index (χ4v) is 7.93. The Morgan fingerprint density at radius 3 is 2.51 bits per heavy atom. The summed E-state index contributed by atoms with van der Waals surface area (Å²) in [5.41, 5.74) is 0.579. The highest BCUT2D eigenvalue weighted by atomic mass is 33.1. The molecular formula is C16H29N4O12P3S2. The van der Waals surface area contributed by atoms with Crippen molar-refractivity contribution in [1.82, 2.24) is 9.55 Å². The maximum absolute atomic E-state index is 12.2. The number of hydrogen-bond acceptors (Lipinski definition) is 12. The second-order valence-corrected chi connectivity index (χ2v) is 15.9. The minimum absolute atomic E-state index is 0.0278. The van der Waals surface area contributed by atoms with Crippen LogP contribution in [0.25, 0.3) is 0 Å². The molecule has 0 saturated carbocycles. The summed E-state index contributed by atoms with van der Waals surface area (Å²) in [6, 6.07) is 0. The van der Waals surface area contributed by atoms with Crippen LogP contribution in [0.2, 0.25) is 0 Å². The average molecular weight is 626 g/mol. The lowest BCUT2D eigenvalue weighted by molar-refractivity contribution is -0.0526. The summed E-state index contributed by atoms with van der Waals surface area (Å²) in [7, 11) is -13.5. The van der Waals surface area contributed by atoms with Gasteiger partial charge in [-0.1, -0.05) is 42.4 Å². The van der Waals surface area contributed by atoms with E-state index in [9.17, 15) is 23.5 Å². The third-order valence-corrected chi connectivity index (χ3v) is 10.9. The Morgan fingerprint density at radius 1 is 1.24 bits per heavy atom. The molecule has 3 unspecified atom stereocenters. The van der Waals surface area contributed by atoms with Gasteiger partial charge in [0.1, 0.15) is 24.6 Å². The second kappa shape index (κ2) is 13.3. The Labute approximate surface area is 221 Å². The van der Waals surface area contributed by atoms with Gasteiger partial charge in [0.15, 0.2) is 5.82 Å². The first-order chi connectivity index (χ1) is 16.9. The number of rotatable bonds is 14. The predicted octanol–water partition coefficient (Wildman–Crippen LogP) is 3.71. The lowest BCUT2D eigenvalue weighted by atomic mass is 10.2. The molecule has 1 aliphatic heterocycles. The van der Waals surface area contributed by atoms with E-state index in [0.717, 1.165) is 0 Å². The van der Waals surface area contributed by atoms with E-state index < -0.39 is 48.5 Å². The van der Waals surface area contributed by atoms with Crippen molar-refractivity contribution < 1.29 is 55.9 Å². The fraction of sp³-hybridized carbons (Fsp3) is 0.688. The van der Waals surface area contributed by atoms with Crippen LogP contribution in [0.15, 0.2) is 16.3 Å². The first-order valence-electron chi connectivity index (χ1n) is 10.3. The molecule has 21 heteroatoms. The molecule has 0 aliphatic carbocycles. The summed E-state index contributed by atoms with van der Waals surface area (Å²) in [6.07, 6.45) is 0.663. The molecule has 4 N–H and O–H groups in total. The summed E-state index contributed by atoms with van der Waals surface area (Å²) >= 11 is 0. The van der Waals surface area contributed by atoms with E-state index in [1.807, 2.05) is 20.8 Å². The SMILES string of the molecule is C=N/C=N\c1c(C)ncn1[C@H]1CC(OCSSC(C)(C)C)[C@@H](COP(=O)(O)OP(=O)(O)OP(=O)(O)O)O1. The molecule has 0 aromatic carbocycles. The molecule has 1 aromatic heterocycles. The monoisotopic (exact) mass is 626 g/mol. The maximum Gasteiger partial charge on any atom is 0.490 e. The second-order valence-electron chi connectivity index (χ2n) is 8.38. The lowest BCUT2D eigenvalue weighted by Gasteiger charge is -2.22. The fourth-order valence-electron chi connectivity index (χ4n) is 2.90. The molecule has 0 amide bonds. The van der Waals surface area contributed by atoms with Gasteiger partial charge in [-0.15, -0.1) is 0 Å². The Bertz CT molecular complexity index is 1110. The largest absolute Gasteiger partial charge is 0.490 e. The number of phosphoric ester groups is 1. The number of aromatic nitrogens is 2. The highest BCUT2D eigenvalue weighted by Gasteiger charge is 2.43. The molecule has 1 aromatic rings. The summed E-state index contributed by atoms with van der Waals surface area (Å²) in [5, 5.41) is 0. The number of nitrogens with zero attached hydrogens (tertiary/aromatic N) is 4. The highest BCUT2D eigenvalue weighted by Crippen LogP contribution is 2.66. The molecule has 1 saturated heterocycles. The van der Waals surface area contributed by atoms with Crippen molar-refractivity contribution in [1.29, 1.82) is 0 Å². The van der Waals surface area contributed by atoms with Crippen LogP contribution in [-0.4, -0.2) is 71.7 Å². The highest BCUT2D eigenvalue weighted by molar-refractivity contribution is 8.77. The molecule has 0 radical (unpaired) electrons. The molecule has 212 valence electrons. The van der Waals surface area contributed by atoms with Gasteiger partial charge in [-0.05, 0) is 13.6 Å². The molecule has 37 heavy (non-hydrogen) atoms. The van der Waals surface area contributed by atoms with Crippen molar-refractivity contribution in [3.05, 3.63) is 12.0 Å². The lowest BCUT2D eigenvalue weighted by Crippen LogP contribution is -2.29. The quantitative estimate of drug-likeness (QED) is 0.0577. The molecule has 1 aliphatic rings. The first-order valence-corrected chi connectivity index (χ1v) is 17.1. The number of imidazole rings is 1. The summed E-state index contributed by atoms with van der Waals surface area (Å²) in [5.74, 6) is 0.672. The molecule has 5 atom stereocenters. The number of hydrogen-bond donors (Lipinski definition) is 4. The van der Waals surface area contributed by atoms with Crippen LogP contribution in [0, 0.1) is 6.92 Å². The maximum atomic E-state index is 12.2. The van der Waals surface area contributed by atoms with Crippen molar-refractivity contribution >= 4 is 63.9 Å². The van der Waals surface area contributed by atoms with Gasteiger partial charge in [-0.2, -0.15) is 8.62 Å². The number of ether oxygens (including phenoxy) is 2. The van der Waals surface area contributed by atoms with Gasteiger partial charge in [0.25, 0.3) is 0 Å². The van der Waals surface area contributed by atoms with Crippen LogP contribution in [0.4, 0.5) is 5.82 Å². The Morgan fingerprint density at radius 2 is 1.92 bits per heavy atom. The van der Waals surface area contributed by atoms with Crippen molar-refractivity contribution in [2.24, 2.45) is 9.98 Å². The van der Waals surface area contributed by atoms with Gasteiger partial charge in [0.2, 0.25) is 0 Å². The zero-order valence-electron chi connectivity index (χ0n) is 20.2. The van der Waals surface area contributed by atoms with Crippen LogP contribution in [0.3, 0.4) is 0 Å². The standard InChI is InChI=1S/C16H29N4O12P3S2/c1-11-15(18-8-17-5)20(9-19-11)14-6-12(28-10-36-37-16(2,3)4)13(30-14)7-29-34(24,25)32-35(26,27)31-33(21,22)23/h8-9,12-14H,5-7,10H2,1-4H3,(H,24,25)(H,26,27)(H2,21,22,23)/b18-8-/t12?,13-,14-/m1/s1. The Balaban J connectivity index is 2.14. The third-order valence-electron chi connectivity index (χ3n) is 4.15. The van der Waals surface area contributed by atoms with Crippen LogP contribution in [-0.2, 0) is 36.3 Å². The van der Waals surface area contributed by atoms with Gasteiger partial charge in [0, 0.05) is 11.2 Å². The summed E-state index contributed by atoms with van der Waals surface area (Å²) < 4.78 is 60.3. The van der Waals surface area contributed by atoms with Crippen LogP contribution < -0.4 is 0 Å². The molecule has 0 spiro atoms. The Kier molecular flexibility index (Phi) is 11.8. The molecule has 1 fully saturated rings. The summed E-state index contributed by atoms with van der Waals surface area (Å²) in [6.45, 7) is 10.5. The summed E-state index contributed by atoms with van der Waals surface area (Å²) in [4.78, 5) is 48.4. The van der Waals surface area contributed by atoms with Gasteiger partial charge >= 0.3 is 23.5 Å². The smallest absolute Gasteiger partial charge is 0.364 e. The molecule has 2 rings (SSSR count). The van der Waals surface area contributed by atoms with E-state index in [4.69, 9.17) is 23.8 Å². The zero-order valence-corrected chi connectivity index (χ0v) is 24.5. The van der Waals surface area contributed by atoms with E-state index in [1.165, 1.54) is 23.5 Å². The molecule has 16 nitrogen and oxygen atoms in total. The topological polar surface area (TPSA) is 221 Å². The molecule has 0 bridgehead atoms. The van der Waals surface area contributed by atoms with Crippen molar-refractivity contribution in [3.63, 3.8) is 0 Å². The van der Waals surface area contributed by atoms with E-state index in [-0.39, 0.29) is 17.1 Å². The predicted molar refractivity (Wildman–Crippen MR) is 138 cm³/mol. The van der Waals surface area contributed by atoms with E-state index in [1.54, 1.807) is 22.3 Å². The van der Waals surface area contributed by atoms with Gasteiger partial charge in [-0.25, -0.2) is 23.7 Å². The van der Waals surface area contributed by atoms with E-state index in [2.05, 4.69) is 30.3 Å². The minimum Gasteiger partial charge on any atom is -0.364 e. The van der Waals surface area contributed by atoms with Crippen LogP contribution >= 0.6 is 45.1 Å². The van der Waals surface area contributed by atoms with E-state index in [0.29, 0.717) is 11.5 Å². The molecule has 2 heterocycles. The van der Waals surface area contributed by atoms with Crippen molar-refractivity contribution in [2.45, 2.75) is 57.3 Å². The van der Waals surface area contributed by atoms with Crippen molar-refractivity contribution in [3.8, 4) is 0 Å². The average Bonchev–Trinajstić information content (AvgIpc) is 3.27. The number of aliphatic imine (C=N–C) groups is 2. The van der Waals surface area contributed by atoms with Crippen LogP contribution in [0.1, 0.15) is 39.1 Å². The first kappa shape index (κ1) is 32.8. The van der Waals surface area contributed by atoms with Gasteiger partial charge < -0.3 is 29.0 Å². The molecular weight excluding hydrogens is 597 g/mol. The number of phosphoric acid groups is 3. The normalized spacial score (nSPS) is 24.3. The van der Waals surface area contributed by atoms with Crippen LogP contribution in [0.5, 0.6) is 0 Å². The van der Waals surface area contributed by atoms with Crippen molar-refractivity contribution in [2.75, 3.05) is 12.5 Å².